The van der Waals surface area contributed by atoms with E-state index in [0.29, 0.717) is 23.5 Å². The van der Waals surface area contributed by atoms with E-state index in [9.17, 15) is 0 Å². The molecule has 0 aliphatic rings. The minimum atomic E-state index is 0.295. The smallest absolute Gasteiger partial charge is 0.157 e. The lowest BCUT2D eigenvalue weighted by Gasteiger charge is -2.09. The Morgan fingerprint density at radius 3 is 1.57 bits per heavy atom. The van der Waals surface area contributed by atoms with Gasteiger partial charge in [-0.1, -0.05) is 23.2 Å². The summed E-state index contributed by atoms with van der Waals surface area (Å²) < 4.78 is 9.97. The summed E-state index contributed by atoms with van der Waals surface area (Å²) in [6.45, 7) is 0.680. The summed E-state index contributed by atoms with van der Waals surface area (Å²) in [5, 5.41) is 7.97. The average molecular weight is 237 g/mol. The number of aromatic nitrogens is 2. The Hall–Kier alpha value is -0.420. The zero-order chi connectivity index (χ0) is 10.6. The van der Waals surface area contributed by atoms with Crippen molar-refractivity contribution in [1.82, 2.24) is 10.2 Å². The Morgan fingerprint density at radius 1 is 0.929 bits per heavy atom. The molecule has 78 valence electrons. The van der Waals surface area contributed by atoms with Gasteiger partial charge in [0.05, 0.1) is 13.2 Å². The van der Waals surface area contributed by atoms with Gasteiger partial charge in [-0.15, -0.1) is 10.2 Å². The van der Waals surface area contributed by atoms with Crippen molar-refractivity contribution >= 4 is 23.2 Å². The molecule has 0 aliphatic heterocycles. The molecule has 0 N–H and O–H groups in total. The number of hydrogen-bond acceptors (Lipinski definition) is 4. The molecule has 0 bridgehead atoms. The first kappa shape index (κ1) is 11.7. The second-order valence-electron chi connectivity index (χ2n) is 2.60. The normalized spacial score (nSPS) is 10.6. The Labute approximate surface area is 92.1 Å². The molecule has 0 radical (unpaired) electrons. The van der Waals surface area contributed by atoms with Gasteiger partial charge in [-0.25, -0.2) is 0 Å². The number of hydrogen-bond donors (Lipinski definition) is 0. The monoisotopic (exact) mass is 236 g/mol. The Kier molecular flexibility index (Phi) is 4.54. The fraction of sp³-hybridized carbons (Fsp3) is 0.500. The van der Waals surface area contributed by atoms with Crippen LogP contribution in [0.3, 0.4) is 0 Å². The van der Waals surface area contributed by atoms with E-state index in [0.717, 1.165) is 11.1 Å². The lowest BCUT2D eigenvalue weighted by molar-refractivity contribution is 0.167. The molecule has 0 saturated heterocycles. The van der Waals surface area contributed by atoms with E-state index in [1.165, 1.54) is 0 Å². The molecule has 0 fully saturated rings. The van der Waals surface area contributed by atoms with Crippen LogP contribution in [-0.2, 0) is 22.7 Å². The lowest BCUT2D eigenvalue weighted by atomic mass is 10.2. The minimum Gasteiger partial charge on any atom is -0.380 e. The Bertz CT molecular complexity index is 289. The first-order valence-electron chi connectivity index (χ1n) is 3.88. The van der Waals surface area contributed by atoms with Crippen molar-refractivity contribution in [1.29, 1.82) is 0 Å². The summed E-state index contributed by atoms with van der Waals surface area (Å²) in [4.78, 5) is 0. The highest BCUT2D eigenvalue weighted by molar-refractivity contribution is 6.32. The molecule has 0 unspecified atom stereocenters. The van der Waals surface area contributed by atoms with Crippen LogP contribution < -0.4 is 0 Å². The largest absolute Gasteiger partial charge is 0.380 e. The summed E-state index contributed by atoms with van der Waals surface area (Å²) in [7, 11) is 3.14. The van der Waals surface area contributed by atoms with Crippen LogP contribution in [0, 0.1) is 0 Å². The zero-order valence-corrected chi connectivity index (χ0v) is 9.39. The molecule has 6 heteroatoms. The van der Waals surface area contributed by atoms with E-state index >= 15 is 0 Å². The molecular weight excluding hydrogens is 227 g/mol. The van der Waals surface area contributed by atoms with Crippen LogP contribution in [-0.4, -0.2) is 24.4 Å². The standard InChI is InChI=1S/C8H10Cl2N2O2/c1-13-3-5-6(4-14-2)8(10)12-11-7(5)9/h3-4H2,1-2H3. The Morgan fingerprint density at radius 2 is 1.29 bits per heavy atom. The van der Waals surface area contributed by atoms with Crippen LogP contribution in [0.1, 0.15) is 11.1 Å². The number of methoxy groups -OCH3 is 2. The highest BCUT2D eigenvalue weighted by Crippen LogP contribution is 2.24. The van der Waals surface area contributed by atoms with Crippen LogP contribution in [0.25, 0.3) is 0 Å². The minimum absolute atomic E-state index is 0.295. The molecule has 0 amide bonds. The van der Waals surface area contributed by atoms with Gasteiger partial charge in [0.1, 0.15) is 0 Å². The van der Waals surface area contributed by atoms with Gasteiger partial charge in [0.25, 0.3) is 0 Å². The maximum Gasteiger partial charge on any atom is 0.157 e. The molecule has 1 rings (SSSR count). The van der Waals surface area contributed by atoms with Gasteiger partial charge in [0.2, 0.25) is 0 Å². The topological polar surface area (TPSA) is 44.2 Å². The SMILES string of the molecule is COCc1c(Cl)nnc(Cl)c1COC. The molecule has 0 aliphatic carbocycles. The second-order valence-corrected chi connectivity index (χ2v) is 3.32. The van der Waals surface area contributed by atoms with E-state index in [-0.39, 0.29) is 0 Å². The van der Waals surface area contributed by atoms with Crippen molar-refractivity contribution in [2.45, 2.75) is 13.2 Å². The Balaban J connectivity index is 3.12. The molecular formula is C8H10Cl2N2O2. The lowest BCUT2D eigenvalue weighted by Crippen LogP contribution is -2.03. The number of ether oxygens (including phenoxy) is 2. The quantitative estimate of drug-likeness (QED) is 0.804. The fourth-order valence-corrected chi connectivity index (χ4v) is 1.45. The van der Waals surface area contributed by atoms with Gasteiger partial charge < -0.3 is 9.47 Å². The van der Waals surface area contributed by atoms with Gasteiger partial charge in [-0.2, -0.15) is 0 Å². The first-order valence-corrected chi connectivity index (χ1v) is 4.63. The van der Waals surface area contributed by atoms with Crippen molar-refractivity contribution in [3.05, 3.63) is 21.4 Å². The molecule has 0 saturated carbocycles. The zero-order valence-electron chi connectivity index (χ0n) is 7.88. The molecule has 0 atom stereocenters. The second kappa shape index (κ2) is 5.46. The van der Waals surface area contributed by atoms with E-state index in [4.69, 9.17) is 32.7 Å². The van der Waals surface area contributed by atoms with Gasteiger partial charge in [0.15, 0.2) is 10.3 Å². The van der Waals surface area contributed by atoms with Crippen LogP contribution in [0.15, 0.2) is 0 Å². The van der Waals surface area contributed by atoms with Gasteiger partial charge in [-0.05, 0) is 0 Å². The summed E-state index contributed by atoms with van der Waals surface area (Å²) in [6.07, 6.45) is 0. The third-order valence-electron chi connectivity index (χ3n) is 1.67. The number of rotatable bonds is 4. The summed E-state index contributed by atoms with van der Waals surface area (Å²) in [5.41, 5.74) is 1.44. The van der Waals surface area contributed by atoms with Crippen LogP contribution in [0.2, 0.25) is 10.3 Å². The van der Waals surface area contributed by atoms with Crippen molar-refractivity contribution < 1.29 is 9.47 Å². The van der Waals surface area contributed by atoms with Crippen molar-refractivity contribution in [2.24, 2.45) is 0 Å². The van der Waals surface area contributed by atoms with E-state index in [2.05, 4.69) is 10.2 Å². The third kappa shape index (κ3) is 2.54. The predicted octanol–water partition coefficient (Wildman–Crippen LogP) is 2.08. The molecule has 0 spiro atoms. The predicted molar refractivity (Wildman–Crippen MR) is 53.5 cm³/mol. The summed E-state index contributed by atoms with van der Waals surface area (Å²) >= 11 is 11.7. The maximum absolute atomic E-state index is 5.85. The van der Waals surface area contributed by atoms with E-state index < -0.39 is 0 Å². The molecule has 14 heavy (non-hydrogen) atoms. The summed E-state index contributed by atoms with van der Waals surface area (Å²) in [6, 6.07) is 0. The van der Waals surface area contributed by atoms with Crippen LogP contribution >= 0.6 is 23.2 Å². The molecule has 1 aromatic heterocycles. The number of halogens is 2. The highest BCUT2D eigenvalue weighted by Gasteiger charge is 2.13. The third-order valence-corrected chi connectivity index (χ3v) is 2.27. The maximum atomic E-state index is 5.85. The highest BCUT2D eigenvalue weighted by atomic mass is 35.5. The number of nitrogens with zero attached hydrogens (tertiary/aromatic N) is 2. The van der Waals surface area contributed by atoms with E-state index in [1.807, 2.05) is 0 Å². The summed E-state index contributed by atoms with van der Waals surface area (Å²) in [5.74, 6) is 0. The van der Waals surface area contributed by atoms with Gasteiger partial charge in [0, 0.05) is 25.3 Å². The van der Waals surface area contributed by atoms with Crippen molar-refractivity contribution in [3.8, 4) is 0 Å². The fourth-order valence-electron chi connectivity index (χ4n) is 1.04. The van der Waals surface area contributed by atoms with Crippen molar-refractivity contribution in [3.63, 3.8) is 0 Å². The van der Waals surface area contributed by atoms with Crippen molar-refractivity contribution in [2.75, 3.05) is 14.2 Å². The average Bonchev–Trinajstić information content (AvgIpc) is 2.17. The van der Waals surface area contributed by atoms with E-state index in [1.54, 1.807) is 14.2 Å². The van der Waals surface area contributed by atoms with Crippen LogP contribution in [0.5, 0.6) is 0 Å². The molecule has 4 nitrogen and oxygen atoms in total. The molecule has 0 aromatic carbocycles. The first-order chi connectivity index (χ1) is 6.70. The van der Waals surface area contributed by atoms with Crippen LogP contribution in [0.4, 0.5) is 0 Å². The molecule has 1 heterocycles. The molecule has 1 aromatic rings. The van der Waals surface area contributed by atoms with Gasteiger partial charge in [-0.3, -0.25) is 0 Å². The van der Waals surface area contributed by atoms with Gasteiger partial charge >= 0.3 is 0 Å².